The van der Waals surface area contributed by atoms with Gasteiger partial charge in [0.1, 0.15) is 0 Å². The fourth-order valence-electron chi connectivity index (χ4n) is 2.48. The zero-order valence-electron chi connectivity index (χ0n) is 10.4. The van der Waals surface area contributed by atoms with E-state index >= 15 is 0 Å². The van der Waals surface area contributed by atoms with Gasteiger partial charge in [0.05, 0.1) is 5.37 Å². The average molecular weight is 321 g/mol. The van der Waals surface area contributed by atoms with Crippen LogP contribution in [0, 0.1) is 0 Å². The molecule has 0 aromatic carbocycles. The number of hydrogen-bond donors (Lipinski definition) is 0. The Hall–Kier alpha value is -0.600. The number of hydrogen-bond acceptors (Lipinski definition) is 2. The number of carbonyl (C=O) groups excluding carboxylic acids is 1. The number of nitrogens with zero attached hydrogens (tertiary/aromatic N) is 1. The highest BCUT2D eigenvalue weighted by Gasteiger charge is 2.77. The summed E-state index contributed by atoms with van der Waals surface area (Å²) in [5, 5.41) is -1.02. The van der Waals surface area contributed by atoms with Crippen LogP contribution in [-0.2, 0) is 4.79 Å². The van der Waals surface area contributed by atoms with E-state index < -0.39 is 28.9 Å². The summed E-state index contributed by atoms with van der Waals surface area (Å²) in [5.41, 5.74) is 0. The van der Waals surface area contributed by atoms with Crippen molar-refractivity contribution in [1.82, 2.24) is 4.90 Å². The normalized spacial score (nSPS) is 28.0. The molecule has 2 rings (SSSR count). The first kappa shape index (κ1) is 15.8. The van der Waals surface area contributed by atoms with Crippen molar-refractivity contribution < 1.29 is 31.1 Å². The van der Waals surface area contributed by atoms with Crippen LogP contribution < -0.4 is 0 Å². The van der Waals surface area contributed by atoms with Gasteiger partial charge in [-0.25, -0.2) is 0 Å². The van der Waals surface area contributed by atoms with E-state index in [2.05, 4.69) is 0 Å². The van der Waals surface area contributed by atoms with Crippen LogP contribution in [0.4, 0.5) is 26.3 Å². The molecule has 2 saturated heterocycles. The van der Waals surface area contributed by atoms with Crippen LogP contribution in [-0.4, -0.2) is 39.8 Å². The molecule has 2 heterocycles. The fourth-order valence-corrected chi connectivity index (χ4v) is 3.85. The number of alkyl halides is 6. The van der Waals surface area contributed by atoms with Crippen molar-refractivity contribution in [2.24, 2.45) is 0 Å². The molecule has 0 bridgehead atoms. The van der Waals surface area contributed by atoms with Gasteiger partial charge in [-0.2, -0.15) is 26.3 Å². The molecule has 2 nitrogen and oxygen atoms in total. The number of likely N-dealkylation sites (tertiary alicyclic amines) is 1. The van der Waals surface area contributed by atoms with Gasteiger partial charge >= 0.3 is 12.4 Å². The molecule has 0 N–H and O–H groups in total. The van der Waals surface area contributed by atoms with Crippen molar-refractivity contribution in [2.75, 3.05) is 6.54 Å². The molecule has 0 aromatic rings. The lowest BCUT2D eigenvalue weighted by atomic mass is 10.0. The summed E-state index contributed by atoms with van der Waals surface area (Å²) in [7, 11) is 0. The Morgan fingerprint density at radius 1 is 1.05 bits per heavy atom. The minimum absolute atomic E-state index is 0.190. The largest absolute Gasteiger partial charge is 0.412 e. The van der Waals surface area contributed by atoms with Crippen LogP contribution in [0.25, 0.3) is 0 Å². The van der Waals surface area contributed by atoms with Crippen molar-refractivity contribution in [3.05, 3.63) is 0 Å². The van der Waals surface area contributed by atoms with Gasteiger partial charge in [-0.05, 0) is 12.8 Å². The van der Waals surface area contributed by atoms with Crippen LogP contribution in [0.3, 0.4) is 0 Å². The molecule has 20 heavy (non-hydrogen) atoms. The van der Waals surface area contributed by atoms with Gasteiger partial charge in [0.15, 0.2) is 0 Å². The molecule has 0 aliphatic carbocycles. The Labute approximate surface area is 115 Å². The molecule has 0 saturated carbocycles. The minimum Gasteiger partial charge on any atom is -0.331 e. The third-order valence-electron chi connectivity index (χ3n) is 3.67. The molecule has 9 heteroatoms. The standard InChI is InChI=1S/C11H13F6NOS/c12-10(13,14)9(11(15,16)17)6-8(20-9)18-5-3-1-2-4-7(18)19/h8H,1-6H2. The van der Waals surface area contributed by atoms with Gasteiger partial charge in [-0.1, -0.05) is 6.42 Å². The molecule has 1 amide bonds. The predicted molar refractivity (Wildman–Crippen MR) is 61.0 cm³/mol. The molecule has 2 aliphatic heterocycles. The summed E-state index contributed by atoms with van der Waals surface area (Å²) < 4.78 is 72.6. The van der Waals surface area contributed by atoms with Crippen LogP contribution >= 0.6 is 11.8 Å². The monoisotopic (exact) mass is 321 g/mol. The number of amides is 1. The molecule has 0 aromatic heterocycles. The van der Waals surface area contributed by atoms with E-state index in [0.29, 0.717) is 12.8 Å². The highest BCUT2D eigenvalue weighted by molar-refractivity contribution is 8.02. The van der Waals surface area contributed by atoms with E-state index in [1.807, 2.05) is 0 Å². The van der Waals surface area contributed by atoms with Crippen molar-refractivity contribution in [1.29, 1.82) is 0 Å². The summed E-state index contributed by atoms with van der Waals surface area (Å²) >= 11 is -0.190. The van der Waals surface area contributed by atoms with Gasteiger partial charge in [-0.15, -0.1) is 11.8 Å². The smallest absolute Gasteiger partial charge is 0.331 e. The van der Waals surface area contributed by atoms with E-state index in [1.54, 1.807) is 0 Å². The Morgan fingerprint density at radius 2 is 1.60 bits per heavy atom. The van der Waals surface area contributed by atoms with E-state index in [4.69, 9.17) is 0 Å². The van der Waals surface area contributed by atoms with Crippen LogP contribution in [0.2, 0.25) is 0 Å². The Balaban J connectivity index is 2.12. The van der Waals surface area contributed by atoms with Gasteiger partial charge in [0, 0.05) is 19.4 Å². The third-order valence-corrected chi connectivity index (χ3v) is 5.40. The number of halogens is 6. The highest BCUT2D eigenvalue weighted by atomic mass is 32.2. The molecule has 116 valence electrons. The van der Waals surface area contributed by atoms with E-state index in [9.17, 15) is 31.1 Å². The highest BCUT2D eigenvalue weighted by Crippen LogP contribution is 2.64. The fraction of sp³-hybridized carbons (Fsp3) is 0.909. The topological polar surface area (TPSA) is 20.3 Å². The second-order valence-electron chi connectivity index (χ2n) is 5.00. The second-order valence-corrected chi connectivity index (χ2v) is 6.47. The molecule has 1 atom stereocenters. The molecule has 2 aliphatic rings. The van der Waals surface area contributed by atoms with Crippen molar-refractivity contribution >= 4 is 17.7 Å². The average Bonchev–Trinajstić information content (AvgIpc) is 2.38. The van der Waals surface area contributed by atoms with E-state index in [0.717, 1.165) is 6.42 Å². The number of carbonyl (C=O) groups is 1. The van der Waals surface area contributed by atoms with Gasteiger partial charge < -0.3 is 4.90 Å². The predicted octanol–water partition coefficient (Wildman–Crippen LogP) is 3.72. The lowest BCUT2D eigenvalue weighted by Gasteiger charge is -2.51. The lowest BCUT2D eigenvalue weighted by Crippen LogP contribution is -2.65. The van der Waals surface area contributed by atoms with Crippen LogP contribution in [0.5, 0.6) is 0 Å². The summed E-state index contributed by atoms with van der Waals surface area (Å²) in [4.78, 5) is 12.9. The summed E-state index contributed by atoms with van der Waals surface area (Å²) in [6, 6.07) is 0. The van der Waals surface area contributed by atoms with Gasteiger partial charge in [0.25, 0.3) is 0 Å². The number of thioether (sulfide) groups is 1. The molecule has 0 radical (unpaired) electrons. The summed E-state index contributed by atoms with van der Waals surface area (Å²) in [5.74, 6) is -0.349. The minimum atomic E-state index is -5.36. The third kappa shape index (κ3) is 2.48. The molecular weight excluding hydrogens is 308 g/mol. The van der Waals surface area contributed by atoms with Crippen molar-refractivity contribution in [3.63, 3.8) is 0 Å². The maximum Gasteiger partial charge on any atom is 0.412 e. The Kier molecular flexibility index (Phi) is 3.94. The molecule has 0 spiro atoms. The maximum absolute atomic E-state index is 12.7. The summed E-state index contributed by atoms with van der Waals surface area (Å²) in [6.07, 6.45) is -9.60. The van der Waals surface area contributed by atoms with E-state index in [1.165, 1.54) is 4.90 Å². The van der Waals surface area contributed by atoms with Crippen LogP contribution in [0.1, 0.15) is 32.1 Å². The zero-order valence-corrected chi connectivity index (χ0v) is 11.2. The van der Waals surface area contributed by atoms with Crippen molar-refractivity contribution in [3.8, 4) is 0 Å². The molecule has 2 fully saturated rings. The number of rotatable bonds is 1. The summed E-state index contributed by atoms with van der Waals surface area (Å²) in [6.45, 7) is 0.238. The molecular formula is C11H13F6NOS. The van der Waals surface area contributed by atoms with Gasteiger partial charge in [0.2, 0.25) is 10.7 Å². The van der Waals surface area contributed by atoms with Gasteiger partial charge in [-0.3, -0.25) is 4.79 Å². The Bertz CT molecular complexity index is 371. The second kappa shape index (κ2) is 4.99. The SMILES string of the molecule is O=C1CCCCCN1C1CC(C(F)(F)F)(C(F)(F)F)S1. The maximum atomic E-state index is 12.7. The first-order valence-electron chi connectivity index (χ1n) is 6.19. The van der Waals surface area contributed by atoms with E-state index in [-0.39, 0.29) is 30.6 Å². The van der Waals surface area contributed by atoms with Crippen LogP contribution in [0.15, 0.2) is 0 Å². The quantitative estimate of drug-likeness (QED) is 0.686. The lowest BCUT2D eigenvalue weighted by molar-refractivity contribution is -0.273. The zero-order chi connectivity index (χ0) is 15.2. The molecule has 1 unspecified atom stereocenters. The Morgan fingerprint density at radius 3 is 2.10 bits per heavy atom. The van der Waals surface area contributed by atoms with Crippen molar-refractivity contribution in [2.45, 2.75) is 54.6 Å². The first-order chi connectivity index (χ1) is 9.08. The first-order valence-corrected chi connectivity index (χ1v) is 7.07.